The van der Waals surface area contributed by atoms with Crippen LogP contribution in [0.25, 0.3) is 11.3 Å². The Morgan fingerprint density at radius 2 is 1.92 bits per heavy atom. The molecule has 1 aromatic heterocycles. The van der Waals surface area contributed by atoms with Gasteiger partial charge >= 0.3 is 12.1 Å². The van der Waals surface area contributed by atoms with Crippen molar-refractivity contribution in [3.63, 3.8) is 0 Å². The number of esters is 1. The van der Waals surface area contributed by atoms with Gasteiger partial charge < -0.3 is 19.7 Å². The van der Waals surface area contributed by atoms with Gasteiger partial charge in [-0.3, -0.25) is 4.79 Å². The number of carbonyl (C=O) groups is 3. The van der Waals surface area contributed by atoms with Gasteiger partial charge in [0.15, 0.2) is 0 Å². The molecular formula is C25H26N4O5S2. The second-order valence-electron chi connectivity index (χ2n) is 9.10. The minimum atomic E-state index is -0.820. The number of nitrogens with zero attached hydrogens (tertiary/aromatic N) is 3. The van der Waals surface area contributed by atoms with Crippen molar-refractivity contribution in [3.8, 4) is 11.3 Å². The minimum Gasteiger partial charge on any atom is -0.465 e. The molecule has 9 nitrogen and oxygen atoms in total. The van der Waals surface area contributed by atoms with Crippen molar-refractivity contribution >= 4 is 47.0 Å². The first-order valence-electron chi connectivity index (χ1n) is 11.2. The Morgan fingerprint density at radius 1 is 1.17 bits per heavy atom. The summed E-state index contributed by atoms with van der Waals surface area (Å²) in [6, 6.07) is 12.0. The highest BCUT2D eigenvalue weighted by Crippen LogP contribution is 2.36. The average Bonchev–Trinajstić information content (AvgIpc) is 3.35. The summed E-state index contributed by atoms with van der Waals surface area (Å²) in [5, 5.41) is 8.66. The first kappa shape index (κ1) is 25.6. The molecule has 0 aliphatic carbocycles. The fourth-order valence-corrected chi connectivity index (χ4v) is 5.14. The number of amides is 2. The summed E-state index contributed by atoms with van der Waals surface area (Å²) in [4.78, 5) is 40.8. The first-order valence-corrected chi connectivity index (χ1v) is 13.0. The highest BCUT2D eigenvalue weighted by Gasteiger charge is 2.33. The molecule has 0 fully saturated rings. The number of fused-ring (bicyclic) bond motifs is 1. The Labute approximate surface area is 217 Å². The van der Waals surface area contributed by atoms with Crippen LogP contribution in [-0.2, 0) is 20.8 Å². The number of ether oxygens (including phenoxy) is 2. The van der Waals surface area contributed by atoms with Crippen LogP contribution in [-0.4, -0.2) is 52.1 Å². The summed E-state index contributed by atoms with van der Waals surface area (Å²) in [7, 11) is 1.31. The number of anilines is 1. The van der Waals surface area contributed by atoms with Crippen LogP contribution in [0.15, 0.2) is 52.7 Å². The van der Waals surface area contributed by atoms with Crippen LogP contribution in [0.3, 0.4) is 0 Å². The smallest absolute Gasteiger partial charge is 0.408 e. The van der Waals surface area contributed by atoms with Gasteiger partial charge in [0.05, 0.1) is 24.9 Å². The number of rotatable bonds is 5. The molecule has 36 heavy (non-hydrogen) atoms. The Balaban J connectivity index is 1.65. The van der Waals surface area contributed by atoms with Gasteiger partial charge in [-0.25, -0.2) is 9.59 Å². The summed E-state index contributed by atoms with van der Waals surface area (Å²) in [6.07, 6.45) is -0.663. The molecule has 188 valence electrons. The monoisotopic (exact) mass is 526 g/mol. The van der Waals surface area contributed by atoms with E-state index >= 15 is 0 Å². The maximum atomic E-state index is 13.7. The third-order valence-corrected chi connectivity index (χ3v) is 6.94. The van der Waals surface area contributed by atoms with Crippen LogP contribution >= 0.6 is 23.3 Å². The van der Waals surface area contributed by atoms with Crippen molar-refractivity contribution in [1.29, 1.82) is 0 Å². The molecule has 3 aromatic rings. The minimum absolute atomic E-state index is 0.235. The van der Waals surface area contributed by atoms with Gasteiger partial charge in [0.25, 0.3) is 5.91 Å². The lowest BCUT2D eigenvalue weighted by atomic mass is 10.1. The number of alkyl carbamates (subject to hydrolysis) is 1. The largest absolute Gasteiger partial charge is 0.465 e. The molecule has 0 bridgehead atoms. The van der Waals surface area contributed by atoms with E-state index in [1.165, 1.54) is 30.4 Å². The molecule has 2 aromatic carbocycles. The van der Waals surface area contributed by atoms with Crippen molar-refractivity contribution < 1.29 is 23.9 Å². The molecule has 0 radical (unpaired) electrons. The van der Waals surface area contributed by atoms with Crippen molar-refractivity contribution in [3.05, 3.63) is 59.0 Å². The molecule has 11 heteroatoms. The number of hydrogen-bond donors (Lipinski definition) is 1. The zero-order valence-corrected chi connectivity index (χ0v) is 21.9. The van der Waals surface area contributed by atoms with Crippen LogP contribution in [0.2, 0.25) is 0 Å². The predicted molar refractivity (Wildman–Crippen MR) is 138 cm³/mol. The zero-order chi connectivity index (χ0) is 25.9. The highest BCUT2D eigenvalue weighted by atomic mass is 32.2. The van der Waals surface area contributed by atoms with E-state index in [9.17, 15) is 14.4 Å². The summed E-state index contributed by atoms with van der Waals surface area (Å²) in [5.41, 5.74) is 2.78. The van der Waals surface area contributed by atoms with Crippen LogP contribution in [0.5, 0.6) is 0 Å². The van der Waals surface area contributed by atoms with Crippen molar-refractivity contribution in [2.75, 3.05) is 17.8 Å². The maximum Gasteiger partial charge on any atom is 0.408 e. The van der Waals surface area contributed by atoms with Crippen molar-refractivity contribution in [1.82, 2.24) is 14.9 Å². The lowest BCUT2D eigenvalue weighted by Crippen LogP contribution is -2.50. The third kappa shape index (κ3) is 6.03. The van der Waals surface area contributed by atoms with E-state index in [0.29, 0.717) is 17.0 Å². The van der Waals surface area contributed by atoms with E-state index in [1.807, 2.05) is 29.6 Å². The number of carbonyl (C=O) groups excluding carboxylic acids is 3. The Bertz CT molecular complexity index is 1260. The summed E-state index contributed by atoms with van der Waals surface area (Å²) in [5.74, 6) is -0.486. The zero-order valence-electron chi connectivity index (χ0n) is 20.3. The van der Waals surface area contributed by atoms with E-state index in [-0.39, 0.29) is 12.5 Å². The first-order chi connectivity index (χ1) is 17.1. The molecule has 0 unspecified atom stereocenters. The fraction of sp³-hybridized carbons (Fsp3) is 0.320. The number of aromatic nitrogens is 2. The van der Waals surface area contributed by atoms with Crippen molar-refractivity contribution in [2.45, 2.75) is 43.9 Å². The lowest BCUT2D eigenvalue weighted by molar-refractivity contribution is -0.120. The average molecular weight is 527 g/mol. The predicted octanol–water partition coefficient (Wildman–Crippen LogP) is 4.52. The maximum absolute atomic E-state index is 13.7. The number of methoxy groups -OCH3 is 1. The Morgan fingerprint density at radius 3 is 2.56 bits per heavy atom. The van der Waals surface area contributed by atoms with Gasteiger partial charge in [-0.15, -0.1) is 16.9 Å². The summed E-state index contributed by atoms with van der Waals surface area (Å²) >= 11 is 2.70. The van der Waals surface area contributed by atoms with E-state index in [0.717, 1.165) is 21.7 Å². The lowest BCUT2D eigenvalue weighted by Gasteiger charge is -2.27. The number of hydrogen-bond acceptors (Lipinski definition) is 9. The molecule has 1 aliphatic rings. The van der Waals surface area contributed by atoms with Crippen molar-refractivity contribution in [2.24, 2.45) is 0 Å². The van der Waals surface area contributed by atoms with Gasteiger partial charge in [-0.2, -0.15) is 0 Å². The SMILES string of the molecule is COC(=O)c1ccc2c(c1)N(Cc1ccc(-c3csnn3)cc1)C(=O)[C@@H](NC(=O)OC(C)(C)C)CS2. The fourth-order valence-electron chi connectivity index (χ4n) is 3.62. The van der Waals surface area contributed by atoms with Crippen LogP contribution < -0.4 is 10.2 Å². The van der Waals surface area contributed by atoms with Crippen LogP contribution in [0.1, 0.15) is 36.7 Å². The van der Waals surface area contributed by atoms with Gasteiger partial charge in [0.2, 0.25) is 0 Å². The highest BCUT2D eigenvalue weighted by molar-refractivity contribution is 7.99. The summed E-state index contributed by atoms with van der Waals surface area (Å²) in [6.45, 7) is 5.52. The molecule has 0 saturated carbocycles. The molecule has 1 aliphatic heterocycles. The number of nitrogens with one attached hydrogen (secondary N) is 1. The van der Waals surface area contributed by atoms with E-state index in [4.69, 9.17) is 9.47 Å². The van der Waals surface area contributed by atoms with E-state index in [1.54, 1.807) is 43.9 Å². The van der Waals surface area contributed by atoms with Gasteiger partial charge in [0.1, 0.15) is 17.3 Å². The normalized spacial score (nSPS) is 15.6. The van der Waals surface area contributed by atoms with E-state index < -0.39 is 23.7 Å². The number of benzene rings is 2. The van der Waals surface area contributed by atoms with Gasteiger partial charge in [-0.1, -0.05) is 28.8 Å². The number of thioether (sulfide) groups is 1. The second kappa shape index (κ2) is 10.7. The molecule has 0 saturated heterocycles. The Hall–Kier alpha value is -3.44. The van der Waals surface area contributed by atoms with Crippen LogP contribution in [0.4, 0.5) is 10.5 Å². The molecular weight excluding hydrogens is 500 g/mol. The molecule has 1 N–H and O–H groups in total. The summed E-state index contributed by atoms with van der Waals surface area (Å²) < 4.78 is 14.1. The molecule has 0 spiro atoms. The molecule has 1 atom stereocenters. The molecule has 4 rings (SSSR count). The molecule has 2 amide bonds. The van der Waals surface area contributed by atoms with Crippen LogP contribution in [0, 0.1) is 0 Å². The van der Waals surface area contributed by atoms with E-state index in [2.05, 4.69) is 14.9 Å². The Kier molecular flexibility index (Phi) is 7.60. The molecule has 2 heterocycles. The quantitative estimate of drug-likeness (QED) is 0.483. The standard InChI is InChI=1S/C25H26N4O5S2/c1-25(2,3)34-24(32)26-19-13-35-21-10-9-17(23(31)33-4)11-20(21)29(22(19)30)12-15-5-7-16(8-6-15)18-14-36-28-27-18/h5-11,14,19H,12-13H2,1-4H3,(H,26,32)/t19-/m0/s1. The topological polar surface area (TPSA) is 111 Å². The third-order valence-electron chi connectivity index (χ3n) is 5.28. The second-order valence-corrected chi connectivity index (χ2v) is 10.8. The van der Waals surface area contributed by atoms with Gasteiger partial charge in [-0.05, 0) is 56.1 Å². The van der Waals surface area contributed by atoms with Gasteiger partial charge in [0, 0.05) is 21.6 Å².